The second-order valence-corrected chi connectivity index (χ2v) is 27.0. The molecule has 0 amide bonds. The quantitative estimate of drug-likeness (QED) is 0.107. The molecule has 9 heteroatoms. The van der Waals surface area contributed by atoms with Crippen LogP contribution in [0, 0.1) is 0 Å². The first kappa shape index (κ1) is 25.0. The molecule has 0 N–H and O–H groups in total. The van der Waals surface area contributed by atoms with Gasteiger partial charge in [0.2, 0.25) is 0 Å². The molecule has 4 aliphatic heterocycles. The Morgan fingerprint density at radius 1 is 0.704 bits per heavy atom. The van der Waals surface area contributed by atoms with Gasteiger partial charge in [-0.05, 0) is 0 Å². The fourth-order valence-electron chi connectivity index (χ4n) is 2.52. The van der Waals surface area contributed by atoms with Crippen LogP contribution in [-0.4, -0.2) is 139 Å². The van der Waals surface area contributed by atoms with Crippen molar-refractivity contribution in [1.29, 1.82) is 0 Å². The molecule has 0 spiro atoms. The van der Waals surface area contributed by atoms with Crippen LogP contribution in [-0.2, 0) is 0 Å². The van der Waals surface area contributed by atoms with Crippen molar-refractivity contribution in [2.45, 2.75) is 61.5 Å². The predicted molar refractivity (Wildman–Crippen MR) is 142 cm³/mol. The van der Waals surface area contributed by atoms with Crippen molar-refractivity contribution in [3.05, 3.63) is 0 Å². The van der Waals surface area contributed by atoms with Crippen molar-refractivity contribution in [1.82, 2.24) is 0 Å². The van der Waals surface area contributed by atoms with Crippen LogP contribution in [0.25, 0.3) is 0 Å². The van der Waals surface area contributed by atoms with Gasteiger partial charge in [-0.25, -0.2) is 0 Å². The van der Waals surface area contributed by atoms with E-state index in [0.29, 0.717) is 83.7 Å². The maximum absolute atomic E-state index is 2.51. The number of hydrogen-bond acceptors (Lipinski definition) is 5. The first-order valence-corrected chi connectivity index (χ1v) is 27.9. The Balaban J connectivity index is 1.20. The third-order valence-corrected chi connectivity index (χ3v) is 31.1. The van der Waals surface area contributed by atoms with Gasteiger partial charge in [-0.3, -0.25) is 0 Å². The molecule has 4 saturated heterocycles. The van der Waals surface area contributed by atoms with E-state index in [0.717, 1.165) is 26.2 Å². The van der Waals surface area contributed by atoms with Crippen LogP contribution >= 0.6 is 58.8 Å². The fourth-order valence-corrected chi connectivity index (χ4v) is 32.2. The molecule has 0 aromatic carbocycles. The zero-order chi connectivity index (χ0) is 18.3. The molecule has 0 aromatic rings. The van der Waals surface area contributed by atoms with Crippen LogP contribution in [0.3, 0.4) is 0 Å². The Labute approximate surface area is 228 Å². The molecule has 156 valence electrons. The Morgan fingerprint density at radius 2 is 1.22 bits per heavy atom. The molecule has 27 heavy (non-hydrogen) atoms. The van der Waals surface area contributed by atoms with Crippen molar-refractivity contribution in [3.8, 4) is 0 Å². The average Bonchev–Trinajstić information content (AvgIpc) is 3.50. The van der Waals surface area contributed by atoms with E-state index >= 15 is 0 Å². The van der Waals surface area contributed by atoms with Crippen LogP contribution in [0.4, 0.5) is 0 Å². The predicted octanol–water partition coefficient (Wildman–Crippen LogP) is 5.08. The van der Waals surface area contributed by atoms with Crippen LogP contribution in [0.15, 0.2) is 0 Å². The normalized spacial score (nSPS) is 32.9. The first-order chi connectivity index (χ1) is 13.4. The standard InChI is InChI=1S/C18H30S5Te4/c1(2-24-7-13-3-20-13)19-17(11-25-8-14-4-21-14)18(27-10-16-6-23-16)12-26-9-15-5-22-15/h13-18H,1-12H2. The molecule has 4 heterocycles. The minimum absolute atomic E-state index is 0.290. The molecule has 0 bridgehead atoms. The molecule has 0 aromatic heterocycles. The Bertz CT molecular complexity index is 430. The number of hydrogen-bond donors (Lipinski definition) is 0. The van der Waals surface area contributed by atoms with E-state index in [1.807, 2.05) is 0 Å². The molecule has 4 rings (SSSR count). The van der Waals surface area contributed by atoms with Gasteiger partial charge in [-0.15, -0.1) is 0 Å². The fraction of sp³-hybridized carbons (Fsp3) is 1.00. The molecule has 0 nitrogen and oxygen atoms in total. The summed E-state index contributed by atoms with van der Waals surface area (Å²) in [6, 6.07) is 0. The second kappa shape index (κ2) is 14.3. The molecule has 6 unspecified atom stereocenters. The topological polar surface area (TPSA) is 0 Å². The van der Waals surface area contributed by atoms with Gasteiger partial charge in [0.15, 0.2) is 0 Å². The summed E-state index contributed by atoms with van der Waals surface area (Å²) in [5.41, 5.74) is 0. The van der Waals surface area contributed by atoms with E-state index in [-0.39, 0.29) is 0 Å². The van der Waals surface area contributed by atoms with E-state index < -0.39 is 0 Å². The van der Waals surface area contributed by atoms with Gasteiger partial charge in [0.05, 0.1) is 0 Å². The van der Waals surface area contributed by atoms with Crippen molar-refractivity contribution >= 4 is 143 Å². The van der Waals surface area contributed by atoms with Gasteiger partial charge >= 0.3 is 233 Å². The molecule has 4 aliphatic rings. The zero-order valence-corrected chi connectivity index (χ0v) is 29.0. The maximum atomic E-state index is 2.51. The van der Waals surface area contributed by atoms with Crippen molar-refractivity contribution < 1.29 is 0 Å². The SMILES string of the molecule is C(C[Te]CC1CS1)SC(C[Te]CC1CS1)C(C[Te]CC1CS1)[Te]CC1CS1. The molecule has 4 fully saturated rings. The van der Waals surface area contributed by atoms with Crippen LogP contribution in [0.5, 0.6) is 0 Å². The van der Waals surface area contributed by atoms with Gasteiger partial charge in [-0.2, -0.15) is 0 Å². The first-order valence-electron chi connectivity index (χ1n) is 9.79. The number of thioether (sulfide) groups is 5. The monoisotopic (exact) mass is 926 g/mol. The second-order valence-electron chi connectivity index (χ2n) is 7.25. The van der Waals surface area contributed by atoms with Crippen molar-refractivity contribution in [2.75, 3.05) is 28.8 Å². The van der Waals surface area contributed by atoms with Crippen LogP contribution in [0.1, 0.15) is 0 Å². The minimum atomic E-state index is 0.290. The molecule has 0 saturated carbocycles. The van der Waals surface area contributed by atoms with Crippen molar-refractivity contribution in [3.63, 3.8) is 0 Å². The Morgan fingerprint density at radius 3 is 1.81 bits per heavy atom. The molecule has 6 atom stereocenters. The van der Waals surface area contributed by atoms with E-state index in [4.69, 9.17) is 0 Å². The van der Waals surface area contributed by atoms with E-state index in [1.165, 1.54) is 27.0 Å². The third-order valence-electron chi connectivity index (χ3n) is 4.56. The summed E-state index contributed by atoms with van der Waals surface area (Å²) in [6.45, 7) is 0. The summed E-state index contributed by atoms with van der Waals surface area (Å²) >= 11 is 12.8. The van der Waals surface area contributed by atoms with Crippen LogP contribution in [0.2, 0.25) is 35.2 Å². The zero-order valence-electron chi connectivity index (χ0n) is 15.6. The summed E-state index contributed by atoms with van der Waals surface area (Å²) in [4.78, 5) is 0. The van der Waals surface area contributed by atoms with Gasteiger partial charge in [0, 0.05) is 0 Å². The van der Waals surface area contributed by atoms with Crippen molar-refractivity contribution in [2.24, 2.45) is 0 Å². The van der Waals surface area contributed by atoms with Gasteiger partial charge in [0.1, 0.15) is 0 Å². The summed E-state index contributed by atoms with van der Waals surface area (Å²) in [7, 11) is 0. The van der Waals surface area contributed by atoms with E-state index in [1.54, 1.807) is 37.0 Å². The third kappa shape index (κ3) is 12.3. The Hall–Kier alpha value is 4.91. The molecule has 0 radical (unpaired) electrons. The molecular formula is C18H30S5Te4. The average molecular weight is 917 g/mol. The summed E-state index contributed by atoms with van der Waals surface area (Å²) in [5.74, 6) is 7.59. The number of rotatable bonds is 18. The Kier molecular flexibility index (Phi) is 13.3. The van der Waals surface area contributed by atoms with Gasteiger partial charge in [-0.1, -0.05) is 0 Å². The molecule has 0 aliphatic carbocycles. The van der Waals surface area contributed by atoms with Gasteiger partial charge in [0.25, 0.3) is 0 Å². The summed E-state index contributed by atoms with van der Waals surface area (Å²) in [5, 5.41) is 5.65. The van der Waals surface area contributed by atoms with E-state index in [9.17, 15) is 0 Å². The molecular weight excluding hydrogens is 887 g/mol. The summed E-state index contributed by atoms with van der Waals surface area (Å²) < 4.78 is 13.0. The van der Waals surface area contributed by atoms with Gasteiger partial charge < -0.3 is 0 Å². The van der Waals surface area contributed by atoms with E-state index in [2.05, 4.69) is 58.8 Å². The summed E-state index contributed by atoms with van der Waals surface area (Å²) in [6.07, 6.45) is 0. The van der Waals surface area contributed by atoms with Crippen LogP contribution < -0.4 is 0 Å².